The van der Waals surface area contributed by atoms with Crippen LogP contribution >= 0.6 is 0 Å². The van der Waals surface area contributed by atoms with E-state index < -0.39 is 0 Å². The van der Waals surface area contributed by atoms with Crippen molar-refractivity contribution < 1.29 is 4.74 Å². The van der Waals surface area contributed by atoms with Crippen LogP contribution in [0.2, 0.25) is 0 Å². The van der Waals surface area contributed by atoms with E-state index in [0.717, 1.165) is 70.4 Å². The van der Waals surface area contributed by atoms with Crippen molar-refractivity contribution in [1.82, 2.24) is 25.4 Å². The van der Waals surface area contributed by atoms with Crippen molar-refractivity contribution in [2.75, 3.05) is 32.8 Å². The van der Waals surface area contributed by atoms with Gasteiger partial charge in [-0.15, -0.1) is 10.2 Å². The molecule has 1 aromatic heterocycles. The molecule has 0 saturated heterocycles. The first-order valence-electron chi connectivity index (χ1n) is 8.48. The highest BCUT2D eigenvalue weighted by Gasteiger charge is 2.04. The third-order valence-electron chi connectivity index (χ3n) is 3.76. The van der Waals surface area contributed by atoms with Gasteiger partial charge in [0.2, 0.25) is 0 Å². The summed E-state index contributed by atoms with van der Waals surface area (Å²) in [7, 11) is 0. The molecule has 7 heteroatoms. The van der Waals surface area contributed by atoms with Crippen molar-refractivity contribution in [2.45, 2.75) is 39.7 Å². The summed E-state index contributed by atoms with van der Waals surface area (Å²) in [6.07, 6.45) is 6.89. The van der Waals surface area contributed by atoms with E-state index in [9.17, 15) is 0 Å². The molecule has 0 unspecified atom stereocenters. The van der Waals surface area contributed by atoms with Gasteiger partial charge in [-0.05, 0) is 19.8 Å². The Bertz CT molecular complexity index is 522. The quantitative estimate of drug-likeness (QED) is 0.427. The number of nitrogens with zero attached hydrogens (tertiary/aromatic N) is 4. The summed E-state index contributed by atoms with van der Waals surface area (Å²) in [5, 5.41) is 14.7. The molecule has 0 amide bonds. The minimum atomic E-state index is 0.746. The van der Waals surface area contributed by atoms with Gasteiger partial charge in [-0.1, -0.05) is 18.6 Å². The standard InChI is InChI=1S/C16H28N6O/c1-3-15-21-20-13-22(15)10-9-19-16(17-4-2)18-8-5-14-6-11-23-12-7-14/h6,13H,3-5,7-12H2,1-2H3,(H2,17,18,19). The molecule has 0 bridgehead atoms. The fourth-order valence-corrected chi connectivity index (χ4v) is 2.48. The molecule has 0 spiro atoms. The van der Waals surface area contributed by atoms with E-state index in [-0.39, 0.29) is 0 Å². The molecule has 0 aromatic carbocycles. The molecule has 1 aromatic rings. The number of hydrogen-bond donors (Lipinski definition) is 2. The van der Waals surface area contributed by atoms with Crippen molar-refractivity contribution in [1.29, 1.82) is 0 Å². The first-order valence-corrected chi connectivity index (χ1v) is 8.48. The van der Waals surface area contributed by atoms with E-state index in [1.165, 1.54) is 5.57 Å². The molecule has 2 N–H and O–H groups in total. The van der Waals surface area contributed by atoms with Crippen LogP contribution in [-0.2, 0) is 17.7 Å². The molecule has 0 aliphatic carbocycles. The second kappa shape index (κ2) is 9.99. The first kappa shape index (κ1) is 17.5. The molecule has 0 saturated carbocycles. The van der Waals surface area contributed by atoms with Gasteiger partial charge in [0.15, 0.2) is 5.96 Å². The third kappa shape index (κ3) is 6.02. The van der Waals surface area contributed by atoms with Crippen molar-refractivity contribution in [2.24, 2.45) is 4.99 Å². The van der Waals surface area contributed by atoms with E-state index in [0.29, 0.717) is 0 Å². The summed E-state index contributed by atoms with van der Waals surface area (Å²) < 4.78 is 7.40. The van der Waals surface area contributed by atoms with Gasteiger partial charge in [0.05, 0.1) is 13.2 Å². The Labute approximate surface area is 138 Å². The van der Waals surface area contributed by atoms with Gasteiger partial charge < -0.3 is 19.9 Å². The lowest BCUT2D eigenvalue weighted by Crippen LogP contribution is -2.39. The molecule has 1 aliphatic heterocycles. The second-order valence-electron chi connectivity index (χ2n) is 5.42. The van der Waals surface area contributed by atoms with Gasteiger partial charge in [-0.2, -0.15) is 0 Å². The Morgan fingerprint density at radius 1 is 1.39 bits per heavy atom. The van der Waals surface area contributed by atoms with Gasteiger partial charge in [-0.3, -0.25) is 4.99 Å². The lowest BCUT2D eigenvalue weighted by molar-refractivity contribution is 0.153. The van der Waals surface area contributed by atoms with Crippen LogP contribution in [0.1, 0.15) is 32.5 Å². The zero-order valence-electron chi connectivity index (χ0n) is 14.2. The van der Waals surface area contributed by atoms with E-state index in [2.05, 4.69) is 50.3 Å². The van der Waals surface area contributed by atoms with Gasteiger partial charge in [0, 0.05) is 32.6 Å². The second-order valence-corrected chi connectivity index (χ2v) is 5.42. The molecule has 1 aliphatic rings. The van der Waals surface area contributed by atoms with E-state index >= 15 is 0 Å². The number of aromatic nitrogens is 3. The molecule has 2 rings (SSSR count). The molecule has 2 heterocycles. The van der Waals surface area contributed by atoms with Crippen molar-refractivity contribution >= 4 is 5.96 Å². The summed E-state index contributed by atoms with van der Waals surface area (Å²) in [6, 6.07) is 0. The predicted octanol–water partition coefficient (Wildman–Crippen LogP) is 1.13. The smallest absolute Gasteiger partial charge is 0.191 e. The average molecular weight is 320 g/mol. The number of guanidine groups is 1. The molecule has 23 heavy (non-hydrogen) atoms. The predicted molar refractivity (Wildman–Crippen MR) is 91.5 cm³/mol. The van der Waals surface area contributed by atoms with Crippen LogP contribution in [-0.4, -0.2) is 53.6 Å². The SMILES string of the molecule is CCNC(=NCCC1=CCOCC1)NCCn1cnnc1CC. The minimum Gasteiger partial charge on any atom is -0.377 e. The highest BCUT2D eigenvalue weighted by atomic mass is 16.5. The molecular formula is C16H28N6O. The lowest BCUT2D eigenvalue weighted by Gasteiger charge is -2.14. The van der Waals surface area contributed by atoms with E-state index in [1.807, 2.05) is 0 Å². The van der Waals surface area contributed by atoms with Gasteiger partial charge in [0.1, 0.15) is 12.2 Å². The number of aryl methyl sites for hydroxylation is 1. The molecule has 0 atom stereocenters. The normalized spacial score (nSPS) is 15.4. The Balaban J connectivity index is 1.76. The Morgan fingerprint density at radius 3 is 3.04 bits per heavy atom. The van der Waals surface area contributed by atoms with Crippen molar-refractivity contribution in [3.63, 3.8) is 0 Å². The minimum absolute atomic E-state index is 0.746. The van der Waals surface area contributed by atoms with Gasteiger partial charge in [-0.25, -0.2) is 0 Å². The molecule has 0 fully saturated rings. The summed E-state index contributed by atoms with van der Waals surface area (Å²) in [5.41, 5.74) is 1.45. The highest BCUT2D eigenvalue weighted by molar-refractivity contribution is 5.79. The van der Waals surface area contributed by atoms with E-state index in [4.69, 9.17) is 4.74 Å². The van der Waals surface area contributed by atoms with Gasteiger partial charge >= 0.3 is 0 Å². The van der Waals surface area contributed by atoms with Crippen LogP contribution in [0.3, 0.4) is 0 Å². The number of rotatable bonds is 8. The molecule has 128 valence electrons. The van der Waals surface area contributed by atoms with Crippen LogP contribution < -0.4 is 10.6 Å². The van der Waals surface area contributed by atoms with Crippen LogP contribution in [0.4, 0.5) is 0 Å². The van der Waals surface area contributed by atoms with Crippen LogP contribution in [0.5, 0.6) is 0 Å². The maximum absolute atomic E-state index is 5.32. The summed E-state index contributed by atoms with van der Waals surface area (Å²) in [6.45, 7) is 9.04. The maximum atomic E-state index is 5.32. The van der Waals surface area contributed by atoms with Crippen LogP contribution in [0.25, 0.3) is 0 Å². The Hall–Kier alpha value is -1.89. The highest BCUT2D eigenvalue weighted by Crippen LogP contribution is 2.11. The zero-order chi connectivity index (χ0) is 16.3. The summed E-state index contributed by atoms with van der Waals surface area (Å²) >= 11 is 0. The number of hydrogen-bond acceptors (Lipinski definition) is 4. The Morgan fingerprint density at radius 2 is 2.30 bits per heavy atom. The fourth-order valence-electron chi connectivity index (χ4n) is 2.48. The summed E-state index contributed by atoms with van der Waals surface area (Å²) in [4.78, 5) is 4.64. The monoisotopic (exact) mass is 320 g/mol. The number of ether oxygens (including phenoxy) is 1. The van der Waals surface area contributed by atoms with Crippen LogP contribution in [0.15, 0.2) is 23.0 Å². The lowest BCUT2D eigenvalue weighted by atomic mass is 10.1. The van der Waals surface area contributed by atoms with Crippen molar-refractivity contribution in [3.05, 3.63) is 23.8 Å². The third-order valence-corrected chi connectivity index (χ3v) is 3.76. The van der Waals surface area contributed by atoms with Crippen molar-refractivity contribution in [3.8, 4) is 0 Å². The number of aliphatic imine (C=N–C) groups is 1. The average Bonchev–Trinajstić information content (AvgIpc) is 3.03. The summed E-state index contributed by atoms with van der Waals surface area (Å²) in [5.74, 6) is 1.88. The molecular weight excluding hydrogens is 292 g/mol. The zero-order valence-corrected chi connectivity index (χ0v) is 14.2. The Kier molecular flexibility index (Phi) is 7.59. The van der Waals surface area contributed by atoms with Crippen LogP contribution in [0, 0.1) is 0 Å². The van der Waals surface area contributed by atoms with Gasteiger partial charge in [0.25, 0.3) is 0 Å². The topological polar surface area (TPSA) is 76.4 Å². The molecule has 0 radical (unpaired) electrons. The largest absolute Gasteiger partial charge is 0.377 e. The maximum Gasteiger partial charge on any atom is 0.191 e. The first-order chi connectivity index (χ1) is 11.3. The number of nitrogens with one attached hydrogen (secondary N) is 2. The van der Waals surface area contributed by atoms with E-state index in [1.54, 1.807) is 6.33 Å². The fraction of sp³-hybridized carbons (Fsp3) is 0.688. The molecule has 7 nitrogen and oxygen atoms in total.